The number of methoxy groups -OCH3 is 1. The number of nitrogens with zero attached hydrogens (tertiary/aromatic N) is 1. The molecule has 2 aromatic rings. The summed E-state index contributed by atoms with van der Waals surface area (Å²) in [6, 6.07) is 9.35. The smallest absolute Gasteiger partial charge is 0.247 e. The van der Waals surface area contributed by atoms with E-state index in [1.807, 2.05) is 43.5 Å². The van der Waals surface area contributed by atoms with E-state index in [0.29, 0.717) is 31.2 Å². The molecule has 0 unspecified atom stereocenters. The lowest BCUT2D eigenvalue weighted by molar-refractivity contribution is -0.132. The van der Waals surface area contributed by atoms with Gasteiger partial charge in [-0.2, -0.15) is 0 Å². The molecule has 2 amide bonds. The summed E-state index contributed by atoms with van der Waals surface area (Å²) in [4.78, 5) is 27.1. The van der Waals surface area contributed by atoms with Gasteiger partial charge < -0.3 is 19.7 Å². The molecule has 1 N–H and O–H groups in total. The van der Waals surface area contributed by atoms with Crippen LogP contribution in [0.3, 0.4) is 0 Å². The van der Waals surface area contributed by atoms with Crippen molar-refractivity contribution in [2.24, 2.45) is 0 Å². The Bertz CT molecular complexity index is 803. The number of carbonyl (C=O) groups is 2. The van der Waals surface area contributed by atoms with Gasteiger partial charge in [-0.15, -0.1) is 11.3 Å². The Morgan fingerprint density at radius 2 is 2.04 bits per heavy atom. The van der Waals surface area contributed by atoms with E-state index in [9.17, 15) is 9.59 Å². The number of nitrogens with one attached hydrogen (secondary N) is 1. The number of hydrogen-bond acceptors (Lipinski definition) is 5. The molecule has 1 aromatic carbocycles. The van der Waals surface area contributed by atoms with Crippen molar-refractivity contribution < 1.29 is 19.1 Å². The number of rotatable bonds is 10. The van der Waals surface area contributed by atoms with Crippen LogP contribution >= 0.6 is 11.3 Å². The number of carbonyl (C=O) groups excluding carboxylic acids is 2. The highest BCUT2D eigenvalue weighted by molar-refractivity contribution is 7.09. The number of likely N-dealkylation sites (N-methyl/N-ethyl adjacent to an activating group) is 1. The average molecular weight is 403 g/mol. The van der Waals surface area contributed by atoms with E-state index < -0.39 is 0 Å². The quantitative estimate of drug-likeness (QED) is 0.619. The molecule has 150 valence electrons. The summed E-state index contributed by atoms with van der Waals surface area (Å²) in [5, 5.41) is 4.80. The number of hydrogen-bond donors (Lipinski definition) is 1. The van der Waals surface area contributed by atoms with Gasteiger partial charge in [0.25, 0.3) is 0 Å². The van der Waals surface area contributed by atoms with Gasteiger partial charge in [-0.3, -0.25) is 9.59 Å². The first-order chi connectivity index (χ1) is 13.6. The molecule has 0 aliphatic rings. The summed E-state index contributed by atoms with van der Waals surface area (Å²) in [5.41, 5.74) is 0.816. The summed E-state index contributed by atoms with van der Waals surface area (Å²) < 4.78 is 10.8. The zero-order chi connectivity index (χ0) is 20.4. The number of ether oxygens (including phenoxy) is 2. The van der Waals surface area contributed by atoms with E-state index in [1.165, 1.54) is 11.0 Å². The van der Waals surface area contributed by atoms with Crippen LogP contribution in [0.4, 0.5) is 0 Å². The van der Waals surface area contributed by atoms with Crippen molar-refractivity contribution >= 4 is 29.2 Å². The molecule has 0 fully saturated rings. The minimum Gasteiger partial charge on any atom is -0.493 e. The molecular weight excluding hydrogens is 376 g/mol. The van der Waals surface area contributed by atoms with E-state index in [4.69, 9.17) is 9.47 Å². The maximum absolute atomic E-state index is 12.5. The highest BCUT2D eigenvalue weighted by Gasteiger charge is 2.13. The molecule has 0 aliphatic carbocycles. The Morgan fingerprint density at radius 1 is 1.21 bits per heavy atom. The summed E-state index contributed by atoms with van der Waals surface area (Å²) in [6.07, 6.45) is 3.17. The highest BCUT2D eigenvalue weighted by Crippen LogP contribution is 2.28. The highest BCUT2D eigenvalue weighted by atomic mass is 32.1. The van der Waals surface area contributed by atoms with E-state index in [2.05, 4.69) is 5.32 Å². The van der Waals surface area contributed by atoms with Crippen LogP contribution in [0.5, 0.6) is 11.5 Å². The van der Waals surface area contributed by atoms with Crippen LogP contribution in [0.1, 0.15) is 24.3 Å². The van der Waals surface area contributed by atoms with E-state index in [-0.39, 0.29) is 18.4 Å². The van der Waals surface area contributed by atoms with Gasteiger partial charge >= 0.3 is 0 Å². The van der Waals surface area contributed by atoms with Gasteiger partial charge in [0.05, 0.1) is 26.8 Å². The Kier molecular flexibility index (Phi) is 8.55. The molecule has 1 aromatic heterocycles. The molecular formula is C21H26N2O4S. The van der Waals surface area contributed by atoms with E-state index >= 15 is 0 Å². The molecule has 0 saturated heterocycles. The standard InChI is InChI=1S/C21H26N2O4S/c1-4-23(15-20(24)22-14-17-7-6-12-28-17)21(25)11-9-16-8-10-18(26-3)19(13-16)27-5-2/h6-13H,4-5,14-15H2,1-3H3,(H,22,24)/b11-9+. The van der Waals surface area contributed by atoms with Gasteiger partial charge in [0.1, 0.15) is 0 Å². The summed E-state index contributed by atoms with van der Waals surface area (Å²) >= 11 is 1.58. The predicted molar refractivity (Wildman–Crippen MR) is 112 cm³/mol. The van der Waals surface area contributed by atoms with E-state index in [0.717, 1.165) is 10.4 Å². The first-order valence-electron chi connectivity index (χ1n) is 9.14. The number of amides is 2. The molecule has 2 rings (SSSR count). The molecule has 7 heteroatoms. The third kappa shape index (κ3) is 6.42. The van der Waals surface area contributed by atoms with Crippen LogP contribution in [-0.2, 0) is 16.1 Å². The molecule has 0 spiro atoms. The zero-order valence-electron chi connectivity index (χ0n) is 16.4. The molecule has 0 aliphatic heterocycles. The average Bonchev–Trinajstić information content (AvgIpc) is 3.22. The topological polar surface area (TPSA) is 67.9 Å². The molecule has 0 radical (unpaired) electrons. The molecule has 0 saturated carbocycles. The zero-order valence-corrected chi connectivity index (χ0v) is 17.3. The van der Waals surface area contributed by atoms with Crippen molar-refractivity contribution in [1.29, 1.82) is 0 Å². The second-order valence-electron chi connectivity index (χ2n) is 5.89. The van der Waals surface area contributed by atoms with Crippen LogP contribution in [-0.4, -0.2) is 43.5 Å². The summed E-state index contributed by atoms with van der Waals surface area (Å²) in [5.74, 6) is 0.866. The first kappa shape index (κ1) is 21.5. The fraction of sp³-hybridized carbons (Fsp3) is 0.333. The Morgan fingerprint density at radius 3 is 2.68 bits per heavy atom. The van der Waals surface area contributed by atoms with Crippen molar-refractivity contribution in [2.45, 2.75) is 20.4 Å². The van der Waals surface area contributed by atoms with E-state index in [1.54, 1.807) is 30.6 Å². The maximum Gasteiger partial charge on any atom is 0.247 e. The molecule has 1 heterocycles. The van der Waals surface area contributed by atoms with Gasteiger partial charge in [0.2, 0.25) is 11.8 Å². The van der Waals surface area contributed by atoms with Crippen LogP contribution in [0.15, 0.2) is 41.8 Å². The SMILES string of the molecule is CCOc1cc(/C=C/C(=O)N(CC)CC(=O)NCc2cccs2)ccc1OC. The number of benzene rings is 1. The predicted octanol–water partition coefficient (Wildman–Crippen LogP) is 3.33. The fourth-order valence-corrected chi connectivity index (χ4v) is 3.16. The van der Waals surface area contributed by atoms with Crippen LogP contribution in [0.2, 0.25) is 0 Å². The van der Waals surface area contributed by atoms with Crippen LogP contribution < -0.4 is 14.8 Å². The van der Waals surface area contributed by atoms with Crippen molar-refractivity contribution in [1.82, 2.24) is 10.2 Å². The van der Waals surface area contributed by atoms with Crippen molar-refractivity contribution in [2.75, 3.05) is 26.8 Å². The van der Waals surface area contributed by atoms with Gasteiger partial charge in [-0.25, -0.2) is 0 Å². The Labute approximate surface area is 169 Å². The van der Waals surface area contributed by atoms with Gasteiger partial charge in [-0.05, 0) is 49.1 Å². The van der Waals surface area contributed by atoms with Crippen molar-refractivity contribution in [3.8, 4) is 11.5 Å². The second-order valence-corrected chi connectivity index (χ2v) is 6.92. The lowest BCUT2D eigenvalue weighted by atomic mass is 10.2. The van der Waals surface area contributed by atoms with Crippen LogP contribution in [0.25, 0.3) is 6.08 Å². The lowest BCUT2D eigenvalue weighted by Gasteiger charge is -2.18. The minimum absolute atomic E-state index is 0.0257. The minimum atomic E-state index is -0.220. The Balaban J connectivity index is 1.95. The van der Waals surface area contributed by atoms with Gasteiger partial charge in [0, 0.05) is 17.5 Å². The normalized spacial score (nSPS) is 10.7. The lowest BCUT2D eigenvalue weighted by Crippen LogP contribution is -2.39. The fourth-order valence-electron chi connectivity index (χ4n) is 2.51. The van der Waals surface area contributed by atoms with Crippen molar-refractivity contribution in [3.05, 3.63) is 52.2 Å². The monoisotopic (exact) mass is 402 g/mol. The van der Waals surface area contributed by atoms with Gasteiger partial charge in [0.15, 0.2) is 11.5 Å². The van der Waals surface area contributed by atoms with Crippen LogP contribution in [0, 0.1) is 0 Å². The third-order valence-corrected chi connectivity index (χ3v) is 4.85. The molecule has 0 atom stereocenters. The summed E-state index contributed by atoms with van der Waals surface area (Å²) in [7, 11) is 1.58. The first-order valence-corrected chi connectivity index (χ1v) is 10.0. The third-order valence-electron chi connectivity index (χ3n) is 3.97. The molecule has 0 bridgehead atoms. The van der Waals surface area contributed by atoms with Gasteiger partial charge in [-0.1, -0.05) is 12.1 Å². The Hall–Kier alpha value is -2.80. The molecule has 6 nitrogen and oxygen atoms in total. The largest absolute Gasteiger partial charge is 0.493 e. The maximum atomic E-state index is 12.5. The number of thiophene rings is 1. The molecule has 28 heavy (non-hydrogen) atoms. The summed E-state index contributed by atoms with van der Waals surface area (Å²) in [6.45, 7) is 5.21. The second kappa shape index (κ2) is 11.1. The van der Waals surface area contributed by atoms with Crippen molar-refractivity contribution in [3.63, 3.8) is 0 Å².